The van der Waals surface area contributed by atoms with Crippen molar-refractivity contribution in [2.24, 2.45) is 5.92 Å². The van der Waals surface area contributed by atoms with Gasteiger partial charge in [-0.25, -0.2) is 0 Å². The molecule has 1 amide bonds. The van der Waals surface area contributed by atoms with Gasteiger partial charge in [0.25, 0.3) is 0 Å². The number of benzene rings is 1. The van der Waals surface area contributed by atoms with Crippen LogP contribution in [0.2, 0.25) is 5.02 Å². The van der Waals surface area contributed by atoms with Crippen molar-refractivity contribution < 1.29 is 4.79 Å². The molecule has 0 saturated carbocycles. The molecule has 2 rings (SSSR count). The lowest BCUT2D eigenvalue weighted by Gasteiger charge is -2.23. The summed E-state index contributed by atoms with van der Waals surface area (Å²) in [5.74, 6) is 0.556. The van der Waals surface area contributed by atoms with E-state index in [1.54, 1.807) is 0 Å². The quantitative estimate of drug-likeness (QED) is 0.854. The fourth-order valence-electron chi connectivity index (χ4n) is 2.62. The molecular weight excluding hydrogens is 345 g/mol. The van der Waals surface area contributed by atoms with Crippen LogP contribution >= 0.6 is 36.4 Å². The second-order valence-corrected chi connectivity index (χ2v) is 5.88. The van der Waals surface area contributed by atoms with E-state index in [-0.39, 0.29) is 30.7 Å². The summed E-state index contributed by atoms with van der Waals surface area (Å²) < 4.78 is 0. The van der Waals surface area contributed by atoms with E-state index in [1.165, 1.54) is 0 Å². The monoisotopic (exact) mass is 367 g/mol. The van der Waals surface area contributed by atoms with Crippen LogP contribution in [0.25, 0.3) is 0 Å². The van der Waals surface area contributed by atoms with Gasteiger partial charge in [0.15, 0.2) is 0 Å². The Labute approximate surface area is 149 Å². The van der Waals surface area contributed by atoms with Crippen molar-refractivity contribution in [3.8, 4) is 0 Å². The third-order valence-electron chi connectivity index (χ3n) is 3.64. The molecule has 1 saturated heterocycles. The average Bonchev–Trinajstić information content (AvgIpc) is 2.39. The molecule has 1 aliphatic heterocycles. The second-order valence-electron chi connectivity index (χ2n) is 5.48. The van der Waals surface area contributed by atoms with Gasteiger partial charge in [0.05, 0.1) is 16.4 Å². The van der Waals surface area contributed by atoms with Gasteiger partial charge < -0.3 is 15.5 Å². The van der Waals surface area contributed by atoms with Crippen molar-refractivity contribution >= 4 is 53.7 Å². The Balaban J connectivity index is 0.00000220. The second kappa shape index (κ2) is 10.2. The maximum absolute atomic E-state index is 12.2. The third kappa shape index (κ3) is 5.84. The summed E-state index contributed by atoms with van der Waals surface area (Å²) in [6.07, 6.45) is 2.73. The van der Waals surface area contributed by atoms with Gasteiger partial charge >= 0.3 is 0 Å². The van der Waals surface area contributed by atoms with Gasteiger partial charge in [0.1, 0.15) is 0 Å². The number of piperidine rings is 1. The highest BCUT2D eigenvalue weighted by Gasteiger charge is 2.18. The lowest BCUT2D eigenvalue weighted by atomic mass is 9.94. The van der Waals surface area contributed by atoms with Crippen molar-refractivity contribution in [3.63, 3.8) is 0 Å². The smallest absolute Gasteiger partial charge is 0.224 e. The van der Waals surface area contributed by atoms with Gasteiger partial charge in [0, 0.05) is 20.5 Å². The summed E-state index contributed by atoms with van der Waals surface area (Å²) in [7, 11) is 3.84. The molecule has 1 heterocycles. The van der Waals surface area contributed by atoms with E-state index in [9.17, 15) is 4.79 Å². The largest absolute Gasteiger partial charge is 0.375 e. The van der Waals surface area contributed by atoms with Gasteiger partial charge in [-0.2, -0.15) is 0 Å². The third-order valence-corrected chi connectivity index (χ3v) is 3.95. The molecule has 1 aliphatic rings. The Kier molecular flexibility index (Phi) is 9.85. The predicted octanol–water partition coefficient (Wildman–Crippen LogP) is 3.58. The van der Waals surface area contributed by atoms with E-state index in [1.807, 2.05) is 37.2 Å². The topological polar surface area (TPSA) is 44.4 Å². The first-order valence-corrected chi connectivity index (χ1v) is 7.42. The average molecular weight is 369 g/mol. The van der Waals surface area contributed by atoms with Crippen LogP contribution in [0.1, 0.15) is 19.3 Å². The molecule has 4 nitrogen and oxygen atoms in total. The van der Waals surface area contributed by atoms with E-state index in [0.29, 0.717) is 17.4 Å². The van der Waals surface area contributed by atoms with Crippen molar-refractivity contribution in [1.29, 1.82) is 0 Å². The van der Waals surface area contributed by atoms with Crippen molar-refractivity contribution in [3.05, 3.63) is 23.2 Å². The summed E-state index contributed by atoms with van der Waals surface area (Å²) in [6.45, 7) is 2.02. The van der Waals surface area contributed by atoms with Crippen LogP contribution in [0, 0.1) is 5.92 Å². The number of nitrogens with zero attached hydrogens (tertiary/aromatic N) is 1. The van der Waals surface area contributed by atoms with Crippen LogP contribution in [0.3, 0.4) is 0 Å². The van der Waals surface area contributed by atoms with E-state index in [4.69, 9.17) is 11.6 Å². The zero-order valence-electron chi connectivity index (χ0n) is 12.9. The summed E-state index contributed by atoms with van der Waals surface area (Å²) >= 11 is 6.20. The molecule has 0 spiro atoms. The number of nitrogens with one attached hydrogen (secondary N) is 2. The van der Waals surface area contributed by atoms with Crippen LogP contribution in [0.5, 0.6) is 0 Å². The standard InChI is InChI=1S/C15H22ClN3O.2ClH/c1-19(2)15-12(16)4-3-5-13(15)18-14(20)10-11-6-8-17-9-7-11;;/h3-5,11,17H,6-10H2,1-2H3,(H,18,20);2*1H. The molecule has 1 aromatic carbocycles. The first kappa shape index (κ1) is 21.3. The highest BCUT2D eigenvalue weighted by Crippen LogP contribution is 2.32. The number of amides is 1. The fraction of sp³-hybridized carbons (Fsp3) is 0.533. The molecule has 1 aromatic rings. The zero-order valence-corrected chi connectivity index (χ0v) is 15.3. The van der Waals surface area contributed by atoms with Crippen molar-refractivity contribution in [2.45, 2.75) is 19.3 Å². The maximum atomic E-state index is 12.2. The molecule has 0 aromatic heterocycles. The molecule has 126 valence electrons. The Morgan fingerprint density at radius 2 is 1.95 bits per heavy atom. The molecule has 2 N–H and O–H groups in total. The first-order chi connectivity index (χ1) is 9.58. The fourth-order valence-corrected chi connectivity index (χ4v) is 2.96. The molecular formula is C15H24Cl3N3O. The summed E-state index contributed by atoms with van der Waals surface area (Å²) in [4.78, 5) is 14.1. The van der Waals surface area contributed by atoms with E-state index in [2.05, 4.69) is 10.6 Å². The maximum Gasteiger partial charge on any atom is 0.224 e. The molecule has 0 atom stereocenters. The van der Waals surface area contributed by atoms with Crippen molar-refractivity contribution in [1.82, 2.24) is 5.32 Å². The highest BCUT2D eigenvalue weighted by atomic mass is 35.5. The Bertz CT molecular complexity index is 477. The number of hydrogen-bond acceptors (Lipinski definition) is 3. The molecule has 7 heteroatoms. The van der Waals surface area contributed by atoms with Crippen LogP contribution in [-0.4, -0.2) is 33.1 Å². The van der Waals surface area contributed by atoms with E-state index in [0.717, 1.165) is 37.3 Å². The summed E-state index contributed by atoms with van der Waals surface area (Å²) in [5, 5.41) is 6.96. The van der Waals surface area contributed by atoms with Gasteiger partial charge in [-0.05, 0) is 44.0 Å². The Hall–Kier alpha value is -0.680. The number of anilines is 2. The Morgan fingerprint density at radius 3 is 2.55 bits per heavy atom. The lowest BCUT2D eigenvalue weighted by molar-refractivity contribution is -0.117. The van der Waals surface area contributed by atoms with Gasteiger partial charge in [-0.3, -0.25) is 4.79 Å². The molecule has 1 fully saturated rings. The van der Waals surface area contributed by atoms with Crippen LogP contribution in [0.15, 0.2) is 18.2 Å². The van der Waals surface area contributed by atoms with Crippen molar-refractivity contribution in [2.75, 3.05) is 37.4 Å². The highest BCUT2D eigenvalue weighted by molar-refractivity contribution is 6.34. The molecule has 0 bridgehead atoms. The van der Waals surface area contributed by atoms with Gasteiger partial charge in [-0.1, -0.05) is 17.7 Å². The first-order valence-electron chi connectivity index (χ1n) is 7.04. The molecule has 22 heavy (non-hydrogen) atoms. The minimum atomic E-state index is 0. The van der Waals surface area contributed by atoms with Crippen LogP contribution in [0.4, 0.5) is 11.4 Å². The molecule has 0 radical (unpaired) electrons. The molecule has 0 unspecified atom stereocenters. The van der Waals surface area contributed by atoms with Gasteiger partial charge in [0.2, 0.25) is 5.91 Å². The number of carbonyl (C=O) groups excluding carboxylic acids is 1. The summed E-state index contributed by atoms with van der Waals surface area (Å²) in [5.41, 5.74) is 1.63. The number of halogens is 3. The Morgan fingerprint density at radius 1 is 1.32 bits per heavy atom. The van der Waals surface area contributed by atoms with E-state index < -0.39 is 0 Å². The van der Waals surface area contributed by atoms with Crippen LogP contribution < -0.4 is 15.5 Å². The number of carbonyl (C=O) groups is 1. The normalized spacial score (nSPS) is 14.5. The number of hydrogen-bond donors (Lipinski definition) is 2. The minimum Gasteiger partial charge on any atom is -0.375 e. The van der Waals surface area contributed by atoms with Crippen LogP contribution in [-0.2, 0) is 4.79 Å². The van der Waals surface area contributed by atoms with E-state index >= 15 is 0 Å². The summed E-state index contributed by atoms with van der Waals surface area (Å²) in [6, 6.07) is 5.58. The number of para-hydroxylation sites is 1. The van der Waals surface area contributed by atoms with Gasteiger partial charge in [-0.15, -0.1) is 24.8 Å². The predicted molar refractivity (Wildman–Crippen MR) is 99.1 cm³/mol. The lowest BCUT2D eigenvalue weighted by Crippen LogP contribution is -2.30. The zero-order chi connectivity index (χ0) is 14.5. The number of rotatable bonds is 4. The SMILES string of the molecule is CN(C)c1c(Cl)cccc1NC(=O)CC1CCNCC1.Cl.Cl. The molecule has 0 aliphatic carbocycles. The minimum absolute atomic E-state index is 0.